The van der Waals surface area contributed by atoms with E-state index in [-0.39, 0.29) is 41.6 Å². The number of ether oxygens (including phenoxy) is 3. The predicted octanol–water partition coefficient (Wildman–Crippen LogP) is 2.74. The normalized spacial score (nSPS) is 18.0. The van der Waals surface area contributed by atoms with Crippen molar-refractivity contribution in [1.29, 1.82) is 0 Å². The molecule has 8 heteroatoms. The van der Waals surface area contributed by atoms with Crippen LogP contribution in [0.2, 0.25) is 0 Å². The summed E-state index contributed by atoms with van der Waals surface area (Å²) < 4.78 is 97.9. The molecule has 1 aromatic heterocycles. The molecule has 0 fully saturated rings. The smallest absolute Gasteiger partial charge is 0.222 e. The Morgan fingerprint density at radius 2 is 1.78 bits per heavy atom. The van der Waals surface area contributed by atoms with Crippen LogP contribution in [0.3, 0.4) is 0 Å². The molecule has 0 bridgehead atoms. The van der Waals surface area contributed by atoms with E-state index < -0.39 is 38.4 Å². The molecule has 0 atom stereocenters. The van der Waals surface area contributed by atoms with E-state index in [4.69, 9.17) is 40.8 Å². The van der Waals surface area contributed by atoms with Gasteiger partial charge in [-0.05, 0) is 24.1 Å². The van der Waals surface area contributed by atoms with E-state index in [1.54, 1.807) is 6.92 Å². The van der Waals surface area contributed by atoms with Gasteiger partial charge >= 0.3 is 0 Å². The molecule has 2 aromatic carbocycles. The van der Waals surface area contributed by atoms with E-state index in [0.29, 0.717) is 16.5 Å². The third-order valence-electron chi connectivity index (χ3n) is 3.93. The van der Waals surface area contributed by atoms with E-state index in [2.05, 4.69) is 15.3 Å². The van der Waals surface area contributed by atoms with E-state index >= 15 is 0 Å². The fraction of sp³-hybridized carbons (Fsp3) is 0.263. The highest BCUT2D eigenvalue weighted by molar-refractivity contribution is 5.92. The average molecular weight is 380 g/mol. The van der Waals surface area contributed by atoms with Crippen LogP contribution in [-0.4, -0.2) is 31.1 Å². The molecule has 1 heterocycles. The minimum atomic E-state index is -3.10. The molecular formula is C19H23N5O3. The summed E-state index contributed by atoms with van der Waals surface area (Å²) in [5.41, 5.74) is 12.5. The lowest BCUT2D eigenvalue weighted by molar-refractivity contribution is 0.324. The zero-order valence-electron chi connectivity index (χ0n) is 25.1. The molecule has 0 unspecified atom stereocenters. The van der Waals surface area contributed by atoms with Crippen molar-refractivity contribution in [2.45, 2.75) is 13.5 Å². The SMILES string of the molecule is [2H]c1c(CNc2cc(OC([2H])([2H])[2H])c(OC([2H])([2H])[2H])c(OC([2H])([2H])[2H])c2)c(C)c2c(N)nc(N)nc2c1[2H]. The number of methoxy groups -OCH3 is 3. The van der Waals surface area contributed by atoms with Crippen LogP contribution in [-0.2, 0) is 6.54 Å². The van der Waals surface area contributed by atoms with Crippen LogP contribution in [0.15, 0.2) is 24.2 Å². The van der Waals surface area contributed by atoms with E-state index in [0.717, 1.165) is 12.1 Å². The van der Waals surface area contributed by atoms with Crippen LogP contribution in [0.1, 0.15) is 26.2 Å². The van der Waals surface area contributed by atoms with Crippen molar-refractivity contribution in [3.05, 3.63) is 35.3 Å². The van der Waals surface area contributed by atoms with Gasteiger partial charge in [0.1, 0.15) is 5.82 Å². The van der Waals surface area contributed by atoms with Gasteiger partial charge < -0.3 is 31.0 Å². The van der Waals surface area contributed by atoms with Crippen molar-refractivity contribution in [3.63, 3.8) is 0 Å². The van der Waals surface area contributed by atoms with Crippen LogP contribution in [0.5, 0.6) is 17.2 Å². The number of nitrogens with zero attached hydrogens (tertiary/aromatic N) is 2. The van der Waals surface area contributed by atoms with Gasteiger partial charge in [0.25, 0.3) is 0 Å². The molecular weight excluding hydrogens is 346 g/mol. The highest BCUT2D eigenvalue weighted by Crippen LogP contribution is 2.40. The second-order valence-corrected chi connectivity index (χ2v) is 5.51. The summed E-state index contributed by atoms with van der Waals surface area (Å²) in [5.74, 6) is -2.19. The highest BCUT2D eigenvalue weighted by Gasteiger charge is 2.14. The summed E-state index contributed by atoms with van der Waals surface area (Å²) in [6, 6.07) is 1.67. The lowest BCUT2D eigenvalue weighted by Crippen LogP contribution is -2.06. The minimum Gasteiger partial charge on any atom is -0.493 e. The zero-order valence-corrected chi connectivity index (χ0v) is 14.1. The number of anilines is 3. The predicted molar refractivity (Wildman–Crippen MR) is 107 cm³/mol. The molecule has 142 valence electrons. The first-order chi connectivity index (χ1) is 17.3. The number of aryl methyl sites for hydroxylation is 1. The fourth-order valence-corrected chi connectivity index (χ4v) is 2.63. The maximum Gasteiger partial charge on any atom is 0.222 e. The molecule has 0 radical (unpaired) electrons. The first kappa shape index (κ1) is 8.98. The molecule has 0 saturated carbocycles. The molecule has 0 amide bonds. The second kappa shape index (κ2) is 7.45. The Morgan fingerprint density at radius 1 is 1.07 bits per heavy atom. The number of nitrogens with one attached hydrogen (secondary N) is 1. The van der Waals surface area contributed by atoms with Gasteiger partial charge in [-0.3, -0.25) is 0 Å². The van der Waals surface area contributed by atoms with Gasteiger partial charge in [0.05, 0.1) is 41.7 Å². The van der Waals surface area contributed by atoms with Crippen molar-refractivity contribution in [3.8, 4) is 17.2 Å². The Morgan fingerprint density at radius 3 is 2.44 bits per heavy atom. The highest BCUT2D eigenvalue weighted by atomic mass is 16.5. The number of aromatic nitrogens is 2. The van der Waals surface area contributed by atoms with Crippen LogP contribution < -0.4 is 31.0 Å². The lowest BCUT2D eigenvalue weighted by atomic mass is 10.0. The topological polar surface area (TPSA) is 118 Å². The van der Waals surface area contributed by atoms with Gasteiger partial charge in [0, 0.05) is 29.8 Å². The Balaban J connectivity index is 2.12. The van der Waals surface area contributed by atoms with E-state index in [1.165, 1.54) is 0 Å². The maximum absolute atomic E-state index is 8.43. The van der Waals surface area contributed by atoms with Gasteiger partial charge in [-0.25, -0.2) is 4.98 Å². The summed E-state index contributed by atoms with van der Waals surface area (Å²) in [7, 11) is -9.23. The van der Waals surface area contributed by atoms with Gasteiger partial charge in [0.2, 0.25) is 11.7 Å². The van der Waals surface area contributed by atoms with Crippen molar-refractivity contribution < 1.29 is 29.3 Å². The third kappa shape index (κ3) is 3.46. The van der Waals surface area contributed by atoms with Crippen molar-refractivity contribution in [1.82, 2.24) is 9.97 Å². The number of hydrogen-bond acceptors (Lipinski definition) is 8. The van der Waals surface area contributed by atoms with Crippen molar-refractivity contribution >= 4 is 28.4 Å². The molecule has 8 nitrogen and oxygen atoms in total. The van der Waals surface area contributed by atoms with Gasteiger partial charge in [-0.15, -0.1) is 0 Å². The number of rotatable bonds is 6. The Labute approximate surface area is 172 Å². The van der Waals surface area contributed by atoms with Crippen molar-refractivity contribution in [2.75, 3.05) is 37.9 Å². The monoisotopic (exact) mass is 380 g/mol. The lowest BCUT2D eigenvalue weighted by Gasteiger charge is -2.16. The number of fused-ring (bicyclic) bond motifs is 1. The largest absolute Gasteiger partial charge is 0.493 e. The Bertz CT molecular complexity index is 1340. The van der Waals surface area contributed by atoms with E-state index in [1.807, 2.05) is 0 Å². The van der Waals surface area contributed by atoms with Gasteiger partial charge in [-0.2, -0.15) is 4.98 Å². The molecule has 5 N–H and O–H groups in total. The fourth-order valence-electron chi connectivity index (χ4n) is 2.63. The minimum absolute atomic E-state index is 0.00708. The molecule has 0 aliphatic rings. The Kier molecular flexibility index (Phi) is 2.48. The molecule has 27 heavy (non-hydrogen) atoms. The number of benzene rings is 2. The van der Waals surface area contributed by atoms with E-state index in [9.17, 15) is 0 Å². The van der Waals surface area contributed by atoms with Crippen LogP contribution in [0.4, 0.5) is 17.5 Å². The summed E-state index contributed by atoms with van der Waals surface area (Å²) in [5, 5.41) is 3.19. The first-order valence-electron chi connectivity index (χ1n) is 13.1. The van der Waals surface area contributed by atoms with Gasteiger partial charge in [0.15, 0.2) is 11.5 Å². The third-order valence-corrected chi connectivity index (χ3v) is 3.93. The molecule has 0 saturated heterocycles. The standard InChI is InChI=1S/C19H23N5O3/c1-10-11(5-6-13-16(10)18(20)24-19(21)23-13)9-22-12-7-14(25-2)17(27-4)15(8-12)26-3/h5-8,22H,9H2,1-4H3,(H4,20,21,23,24)/i2D3,3D3,4D3,5D,6D. The molecule has 0 spiro atoms. The summed E-state index contributed by atoms with van der Waals surface area (Å²) in [4.78, 5) is 7.91. The number of nitrogens with two attached hydrogens (primary N) is 2. The number of hydrogen-bond donors (Lipinski definition) is 3. The quantitative estimate of drug-likeness (QED) is 0.597. The number of nitrogen functional groups attached to an aromatic ring is 2. The Hall–Kier alpha value is -3.42. The molecule has 3 rings (SSSR count). The van der Waals surface area contributed by atoms with Crippen LogP contribution in [0, 0.1) is 6.92 Å². The maximum atomic E-state index is 8.43. The molecule has 0 aliphatic heterocycles. The summed E-state index contributed by atoms with van der Waals surface area (Å²) in [6.07, 6.45) is 0. The first-order valence-corrected chi connectivity index (χ1v) is 7.56. The van der Waals surface area contributed by atoms with Crippen LogP contribution in [0.25, 0.3) is 10.9 Å². The molecule has 0 aliphatic carbocycles. The second-order valence-electron chi connectivity index (χ2n) is 5.51. The summed E-state index contributed by atoms with van der Waals surface area (Å²) in [6.45, 7) is 1.49. The van der Waals surface area contributed by atoms with Crippen molar-refractivity contribution in [2.24, 2.45) is 0 Å². The van der Waals surface area contributed by atoms with Crippen LogP contribution >= 0.6 is 0 Å². The average Bonchev–Trinajstić information content (AvgIpc) is 2.71. The summed E-state index contributed by atoms with van der Waals surface area (Å²) >= 11 is 0. The van der Waals surface area contributed by atoms with Gasteiger partial charge in [-0.1, -0.05) is 6.04 Å². The zero-order chi connectivity index (χ0) is 28.8. The molecule has 3 aromatic rings.